The highest BCUT2D eigenvalue weighted by molar-refractivity contribution is 5.82. The molecule has 1 amide bonds. The summed E-state index contributed by atoms with van der Waals surface area (Å²) in [6.45, 7) is 6.57. The molecule has 1 aromatic heterocycles. The molecule has 4 heteroatoms. The number of pyridine rings is 1. The first-order valence-corrected chi connectivity index (χ1v) is 11.2. The van der Waals surface area contributed by atoms with E-state index in [0.29, 0.717) is 12.8 Å². The first-order valence-electron chi connectivity index (χ1n) is 11.2. The van der Waals surface area contributed by atoms with Gasteiger partial charge in [0, 0.05) is 35.7 Å². The Kier molecular flexibility index (Phi) is 6.13. The predicted octanol–water partition coefficient (Wildman–Crippen LogP) is 4.97. The molecule has 2 aromatic carbocycles. The van der Waals surface area contributed by atoms with Gasteiger partial charge in [-0.05, 0) is 34.6 Å². The van der Waals surface area contributed by atoms with E-state index < -0.39 is 0 Å². The third-order valence-corrected chi connectivity index (χ3v) is 5.98. The molecule has 32 heavy (non-hydrogen) atoms. The van der Waals surface area contributed by atoms with Crippen LogP contribution in [0.15, 0.2) is 77.6 Å². The molecule has 3 aromatic rings. The molecule has 1 aliphatic rings. The summed E-state index contributed by atoms with van der Waals surface area (Å²) in [5.41, 5.74) is 5.78. The van der Waals surface area contributed by atoms with Crippen LogP contribution >= 0.6 is 0 Å². The lowest BCUT2D eigenvalue weighted by Crippen LogP contribution is -2.24. The maximum Gasteiger partial charge on any atom is 0.251 e. The number of hydrogen-bond acceptors (Lipinski definition) is 2. The van der Waals surface area contributed by atoms with E-state index in [4.69, 9.17) is 0 Å². The van der Waals surface area contributed by atoms with Crippen molar-refractivity contribution < 1.29 is 4.79 Å². The van der Waals surface area contributed by atoms with E-state index in [0.717, 1.165) is 34.4 Å². The zero-order chi connectivity index (χ0) is 22.7. The molecule has 4 rings (SSSR count). The summed E-state index contributed by atoms with van der Waals surface area (Å²) in [6.07, 6.45) is 3.95. The van der Waals surface area contributed by atoms with E-state index in [-0.39, 0.29) is 22.9 Å². The summed E-state index contributed by atoms with van der Waals surface area (Å²) in [4.78, 5) is 27.7. The van der Waals surface area contributed by atoms with Gasteiger partial charge in [-0.1, -0.05) is 87.5 Å². The molecule has 0 aliphatic carbocycles. The van der Waals surface area contributed by atoms with E-state index in [1.165, 1.54) is 5.56 Å². The number of benzene rings is 2. The fourth-order valence-corrected chi connectivity index (χ4v) is 4.07. The van der Waals surface area contributed by atoms with E-state index in [1.807, 2.05) is 42.5 Å². The lowest BCUT2D eigenvalue weighted by atomic mass is 9.86. The minimum absolute atomic E-state index is 0.0349. The second kappa shape index (κ2) is 8.99. The standard InChI is InChI=1S/C28H30N2O2/c1-28(2,3)22-12-9-20(10-13-22)24(18-23-14-16-26(31)29-23)25-15-11-21(27(32)30-25)17-19-7-5-4-6-8-19/h4-13,15,18,23H,14,16-17H2,1-3H3,(H,29,31)(H,30,32)/b24-18+/t23-/m1/s1. The Hall–Kier alpha value is -3.40. The highest BCUT2D eigenvalue weighted by atomic mass is 16.2. The topological polar surface area (TPSA) is 62.0 Å². The van der Waals surface area contributed by atoms with Gasteiger partial charge in [0.2, 0.25) is 5.91 Å². The second-order valence-corrected chi connectivity index (χ2v) is 9.51. The third kappa shape index (κ3) is 5.08. The molecule has 1 saturated heterocycles. The maximum absolute atomic E-state index is 12.9. The Morgan fingerprint density at radius 1 is 0.969 bits per heavy atom. The zero-order valence-corrected chi connectivity index (χ0v) is 18.9. The quantitative estimate of drug-likeness (QED) is 0.605. The van der Waals surface area contributed by atoms with E-state index >= 15 is 0 Å². The van der Waals surface area contributed by atoms with Gasteiger partial charge in [0.1, 0.15) is 0 Å². The van der Waals surface area contributed by atoms with Crippen LogP contribution in [0.1, 0.15) is 61.6 Å². The van der Waals surface area contributed by atoms with Crippen LogP contribution in [0.25, 0.3) is 5.57 Å². The van der Waals surface area contributed by atoms with E-state index in [2.05, 4.69) is 61.4 Å². The first kappa shape index (κ1) is 21.8. The number of nitrogens with one attached hydrogen (secondary N) is 2. The Morgan fingerprint density at radius 3 is 2.28 bits per heavy atom. The second-order valence-electron chi connectivity index (χ2n) is 9.51. The van der Waals surface area contributed by atoms with Crippen LogP contribution in [0.2, 0.25) is 0 Å². The van der Waals surface area contributed by atoms with Gasteiger partial charge >= 0.3 is 0 Å². The summed E-state index contributed by atoms with van der Waals surface area (Å²) in [7, 11) is 0. The van der Waals surface area contributed by atoms with Crippen molar-refractivity contribution in [3.8, 4) is 0 Å². The number of H-pyrrole nitrogens is 1. The number of rotatable bonds is 5. The fourth-order valence-electron chi connectivity index (χ4n) is 4.07. The molecule has 0 saturated carbocycles. The Labute approximate surface area is 189 Å². The van der Waals surface area contributed by atoms with Gasteiger partial charge < -0.3 is 10.3 Å². The molecule has 4 nitrogen and oxygen atoms in total. The fraction of sp³-hybridized carbons (Fsp3) is 0.286. The first-order chi connectivity index (χ1) is 15.3. The van der Waals surface area contributed by atoms with Gasteiger partial charge in [0.05, 0.1) is 0 Å². The van der Waals surface area contributed by atoms with E-state index in [9.17, 15) is 9.59 Å². The van der Waals surface area contributed by atoms with Crippen LogP contribution in [0, 0.1) is 0 Å². The smallest absolute Gasteiger partial charge is 0.251 e. The van der Waals surface area contributed by atoms with Gasteiger partial charge in [0.15, 0.2) is 0 Å². The summed E-state index contributed by atoms with van der Waals surface area (Å²) in [5, 5.41) is 3.01. The molecule has 2 N–H and O–H groups in total. The average molecular weight is 427 g/mol. The molecule has 0 spiro atoms. The average Bonchev–Trinajstić information content (AvgIpc) is 3.18. The molecule has 1 aliphatic heterocycles. The maximum atomic E-state index is 12.9. The number of aromatic nitrogens is 1. The molecule has 164 valence electrons. The van der Waals surface area contributed by atoms with Crippen LogP contribution in [-0.2, 0) is 16.6 Å². The minimum atomic E-state index is -0.0842. The van der Waals surface area contributed by atoms with Crippen molar-refractivity contribution in [1.82, 2.24) is 10.3 Å². The van der Waals surface area contributed by atoms with Gasteiger partial charge in [-0.3, -0.25) is 9.59 Å². The van der Waals surface area contributed by atoms with Crippen molar-refractivity contribution in [2.45, 2.75) is 51.5 Å². The van der Waals surface area contributed by atoms with Crippen molar-refractivity contribution in [3.63, 3.8) is 0 Å². The number of amides is 1. The molecular formula is C28H30N2O2. The Bertz CT molecular complexity index is 1180. The highest BCUT2D eigenvalue weighted by Gasteiger charge is 2.21. The minimum Gasteiger partial charge on any atom is -0.350 e. The van der Waals surface area contributed by atoms with Crippen molar-refractivity contribution in [2.75, 3.05) is 0 Å². The number of carbonyl (C=O) groups is 1. The van der Waals surface area contributed by atoms with Crippen molar-refractivity contribution >= 4 is 11.5 Å². The number of carbonyl (C=O) groups excluding carboxylic acids is 1. The molecule has 0 radical (unpaired) electrons. The summed E-state index contributed by atoms with van der Waals surface area (Å²) in [5.74, 6) is 0.0698. The summed E-state index contributed by atoms with van der Waals surface area (Å²) >= 11 is 0. The van der Waals surface area contributed by atoms with Crippen LogP contribution < -0.4 is 10.9 Å². The van der Waals surface area contributed by atoms with Crippen LogP contribution in [0.5, 0.6) is 0 Å². The van der Waals surface area contributed by atoms with Crippen molar-refractivity contribution in [2.24, 2.45) is 0 Å². The van der Waals surface area contributed by atoms with Gasteiger partial charge in [-0.15, -0.1) is 0 Å². The summed E-state index contributed by atoms with van der Waals surface area (Å²) in [6, 6.07) is 22.3. The zero-order valence-electron chi connectivity index (χ0n) is 18.9. The molecule has 2 heterocycles. The van der Waals surface area contributed by atoms with Gasteiger partial charge in [0.25, 0.3) is 5.56 Å². The number of hydrogen-bond donors (Lipinski definition) is 2. The van der Waals surface area contributed by atoms with Crippen molar-refractivity contribution in [3.05, 3.63) is 111 Å². The molecule has 0 unspecified atom stereocenters. The molecule has 1 atom stereocenters. The molecule has 1 fully saturated rings. The monoisotopic (exact) mass is 426 g/mol. The van der Waals surface area contributed by atoms with Crippen molar-refractivity contribution in [1.29, 1.82) is 0 Å². The molecule has 0 bridgehead atoms. The third-order valence-electron chi connectivity index (χ3n) is 5.98. The summed E-state index contributed by atoms with van der Waals surface area (Å²) < 4.78 is 0. The lowest BCUT2D eigenvalue weighted by Gasteiger charge is -2.20. The van der Waals surface area contributed by atoms with Crippen LogP contribution in [-0.4, -0.2) is 16.9 Å². The molecular weight excluding hydrogens is 396 g/mol. The lowest BCUT2D eigenvalue weighted by molar-refractivity contribution is -0.119. The van der Waals surface area contributed by atoms with Gasteiger partial charge in [-0.2, -0.15) is 0 Å². The Morgan fingerprint density at radius 2 is 1.69 bits per heavy atom. The SMILES string of the molecule is CC(C)(C)c1ccc(/C(=C\[C@H]2CCC(=O)N2)c2ccc(Cc3ccccc3)c(=O)[nH]2)cc1. The number of aromatic amines is 1. The Balaban J connectivity index is 1.70. The predicted molar refractivity (Wildman–Crippen MR) is 130 cm³/mol. The highest BCUT2D eigenvalue weighted by Crippen LogP contribution is 2.28. The van der Waals surface area contributed by atoms with Crippen LogP contribution in [0.3, 0.4) is 0 Å². The van der Waals surface area contributed by atoms with Crippen LogP contribution in [0.4, 0.5) is 0 Å². The van der Waals surface area contributed by atoms with Gasteiger partial charge in [-0.25, -0.2) is 0 Å². The largest absolute Gasteiger partial charge is 0.350 e. The normalized spacial score (nSPS) is 16.8. The van der Waals surface area contributed by atoms with E-state index in [1.54, 1.807) is 0 Å².